The number of guanidine groups is 1. The second-order valence-corrected chi connectivity index (χ2v) is 7.16. The highest BCUT2D eigenvalue weighted by Crippen LogP contribution is 2.08. The maximum absolute atomic E-state index is 11.7. The number of carbonyl (C=O) groups is 1. The van der Waals surface area contributed by atoms with Gasteiger partial charge in [-0.3, -0.25) is 9.79 Å². The highest BCUT2D eigenvalue weighted by atomic mass is 127. The monoisotopic (exact) mass is 488 g/mol. The molecule has 0 radical (unpaired) electrons. The lowest BCUT2D eigenvalue weighted by atomic mass is 10.0. The van der Waals surface area contributed by atoms with Crippen LogP contribution in [0.15, 0.2) is 29.3 Å². The molecule has 1 atom stereocenters. The first-order valence-electron chi connectivity index (χ1n) is 9.82. The Morgan fingerprint density at radius 3 is 2.56 bits per heavy atom. The number of nitrogens with one attached hydrogen (secondary N) is 3. The van der Waals surface area contributed by atoms with E-state index < -0.39 is 0 Å². The number of carbonyl (C=O) groups excluding carboxylic acids is 1. The van der Waals surface area contributed by atoms with Gasteiger partial charge in [0.15, 0.2) is 5.96 Å². The number of nitrogens with zero attached hydrogens (tertiary/aromatic N) is 1. The van der Waals surface area contributed by atoms with Crippen LogP contribution in [0.2, 0.25) is 0 Å². The van der Waals surface area contributed by atoms with Gasteiger partial charge in [-0.1, -0.05) is 38.8 Å². The Kier molecular flexibility index (Phi) is 14.0. The second kappa shape index (κ2) is 14.7. The Morgan fingerprint density at radius 2 is 1.93 bits per heavy atom. The topological polar surface area (TPSA) is 65.5 Å². The number of rotatable bonds is 10. The summed E-state index contributed by atoms with van der Waals surface area (Å²) in [5.41, 5.74) is 1.81. The third-order valence-electron chi connectivity index (χ3n) is 4.23. The molecule has 1 rings (SSSR count). The number of amides is 1. The molecule has 0 aliphatic rings. The number of hydrogen-bond acceptors (Lipinski definition) is 2. The van der Waals surface area contributed by atoms with Gasteiger partial charge in [-0.15, -0.1) is 24.0 Å². The Bertz CT molecular complexity index is 575. The molecule has 6 heteroatoms. The average molecular weight is 488 g/mol. The van der Waals surface area contributed by atoms with Gasteiger partial charge in [0.2, 0.25) is 0 Å². The molecule has 1 amide bonds. The smallest absolute Gasteiger partial charge is 0.251 e. The number of hydrogen-bond donors (Lipinski definition) is 3. The van der Waals surface area contributed by atoms with E-state index in [-0.39, 0.29) is 29.9 Å². The van der Waals surface area contributed by atoms with Crippen LogP contribution in [-0.2, 0) is 6.42 Å². The van der Waals surface area contributed by atoms with Crippen LogP contribution in [0.4, 0.5) is 0 Å². The molecule has 154 valence electrons. The van der Waals surface area contributed by atoms with Crippen molar-refractivity contribution in [3.05, 3.63) is 35.4 Å². The fourth-order valence-corrected chi connectivity index (χ4v) is 2.77. The van der Waals surface area contributed by atoms with Gasteiger partial charge in [0.25, 0.3) is 5.91 Å². The van der Waals surface area contributed by atoms with E-state index in [0.717, 1.165) is 36.8 Å². The third kappa shape index (κ3) is 11.2. The number of aliphatic imine (C=N–C) groups is 1. The summed E-state index contributed by atoms with van der Waals surface area (Å²) < 4.78 is 0. The zero-order chi connectivity index (χ0) is 19.4. The SMILES string of the molecule is CCNC(=NCCc1cccc(C(=O)NC)c1)NC(C)CCCC(C)C.I. The van der Waals surface area contributed by atoms with Crippen molar-refractivity contribution in [3.63, 3.8) is 0 Å². The summed E-state index contributed by atoms with van der Waals surface area (Å²) in [6, 6.07) is 8.13. The predicted octanol–water partition coefficient (Wildman–Crippen LogP) is 3.98. The molecule has 0 heterocycles. The van der Waals surface area contributed by atoms with E-state index >= 15 is 0 Å². The van der Waals surface area contributed by atoms with Crippen molar-refractivity contribution in [1.82, 2.24) is 16.0 Å². The normalized spacial score (nSPS) is 12.3. The maximum Gasteiger partial charge on any atom is 0.251 e. The molecule has 27 heavy (non-hydrogen) atoms. The van der Waals surface area contributed by atoms with E-state index in [4.69, 9.17) is 0 Å². The van der Waals surface area contributed by atoms with Crippen molar-refractivity contribution in [2.24, 2.45) is 10.9 Å². The van der Waals surface area contributed by atoms with Crippen LogP contribution in [-0.4, -0.2) is 38.0 Å². The first kappa shape index (κ1) is 25.7. The van der Waals surface area contributed by atoms with Crippen LogP contribution in [0.25, 0.3) is 0 Å². The van der Waals surface area contributed by atoms with Gasteiger partial charge < -0.3 is 16.0 Å². The summed E-state index contributed by atoms with van der Waals surface area (Å²) in [5.74, 6) is 1.57. The molecule has 1 unspecified atom stereocenters. The molecule has 0 aliphatic carbocycles. The molecule has 0 spiro atoms. The summed E-state index contributed by atoms with van der Waals surface area (Å²) in [5, 5.41) is 9.46. The van der Waals surface area contributed by atoms with Gasteiger partial charge >= 0.3 is 0 Å². The summed E-state index contributed by atoms with van der Waals surface area (Å²) in [4.78, 5) is 16.4. The first-order valence-corrected chi connectivity index (χ1v) is 9.82. The summed E-state index contributed by atoms with van der Waals surface area (Å²) in [6.07, 6.45) is 4.46. The molecular weight excluding hydrogens is 451 g/mol. The lowest BCUT2D eigenvalue weighted by molar-refractivity contribution is 0.0963. The lowest BCUT2D eigenvalue weighted by Gasteiger charge is -2.18. The van der Waals surface area contributed by atoms with E-state index in [2.05, 4.69) is 48.6 Å². The van der Waals surface area contributed by atoms with E-state index in [1.807, 2.05) is 24.3 Å². The van der Waals surface area contributed by atoms with Gasteiger partial charge in [-0.05, 0) is 50.3 Å². The molecule has 0 fully saturated rings. The minimum atomic E-state index is -0.0550. The largest absolute Gasteiger partial charge is 0.357 e. The molecule has 0 aliphatic heterocycles. The average Bonchev–Trinajstić information content (AvgIpc) is 2.61. The lowest BCUT2D eigenvalue weighted by Crippen LogP contribution is -2.42. The zero-order valence-electron chi connectivity index (χ0n) is 17.5. The summed E-state index contributed by atoms with van der Waals surface area (Å²) >= 11 is 0. The Morgan fingerprint density at radius 1 is 1.19 bits per heavy atom. The maximum atomic E-state index is 11.7. The highest BCUT2D eigenvalue weighted by Gasteiger charge is 2.06. The first-order chi connectivity index (χ1) is 12.5. The van der Waals surface area contributed by atoms with Crippen molar-refractivity contribution < 1.29 is 4.79 Å². The Labute approximate surface area is 182 Å². The number of halogens is 1. The van der Waals surface area contributed by atoms with Crippen molar-refractivity contribution in [2.75, 3.05) is 20.1 Å². The molecule has 1 aromatic rings. The molecule has 5 nitrogen and oxygen atoms in total. The highest BCUT2D eigenvalue weighted by molar-refractivity contribution is 14.0. The van der Waals surface area contributed by atoms with Crippen LogP contribution in [0.1, 0.15) is 62.9 Å². The van der Waals surface area contributed by atoms with Crippen LogP contribution < -0.4 is 16.0 Å². The van der Waals surface area contributed by atoms with Gasteiger partial charge in [-0.2, -0.15) is 0 Å². The molecule has 0 saturated heterocycles. The van der Waals surface area contributed by atoms with Gasteiger partial charge in [0.1, 0.15) is 0 Å². The minimum Gasteiger partial charge on any atom is -0.357 e. The van der Waals surface area contributed by atoms with Crippen LogP contribution in [0.3, 0.4) is 0 Å². The van der Waals surface area contributed by atoms with E-state index in [1.165, 1.54) is 12.8 Å². The third-order valence-corrected chi connectivity index (χ3v) is 4.23. The zero-order valence-corrected chi connectivity index (χ0v) is 19.8. The van der Waals surface area contributed by atoms with Crippen molar-refractivity contribution >= 4 is 35.8 Å². The quantitative estimate of drug-likeness (QED) is 0.265. The van der Waals surface area contributed by atoms with E-state index in [0.29, 0.717) is 18.2 Å². The minimum absolute atomic E-state index is 0. The molecular formula is C21H37IN4O. The standard InChI is InChI=1S/C21H36N4O.HI/c1-6-23-21(25-17(4)10-7-9-16(2)3)24-14-13-18-11-8-12-19(15-18)20(26)22-5;/h8,11-12,15-17H,6-7,9-10,13-14H2,1-5H3,(H,22,26)(H2,23,24,25);1H. The van der Waals surface area contributed by atoms with Gasteiger partial charge in [0.05, 0.1) is 0 Å². The second-order valence-electron chi connectivity index (χ2n) is 7.16. The molecule has 0 bridgehead atoms. The fraction of sp³-hybridized carbons (Fsp3) is 0.619. The molecule has 0 saturated carbocycles. The predicted molar refractivity (Wildman–Crippen MR) is 126 cm³/mol. The van der Waals surface area contributed by atoms with Gasteiger partial charge in [0, 0.05) is 31.7 Å². The van der Waals surface area contributed by atoms with E-state index in [1.54, 1.807) is 7.05 Å². The van der Waals surface area contributed by atoms with Crippen molar-refractivity contribution in [1.29, 1.82) is 0 Å². The van der Waals surface area contributed by atoms with E-state index in [9.17, 15) is 4.79 Å². The molecule has 1 aromatic carbocycles. The summed E-state index contributed by atoms with van der Waals surface area (Å²) in [6.45, 7) is 10.3. The van der Waals surface area contributed by atoms with Crippen LogP contribution in [0.5, 0.6) is 0 Å². The Hall–Kier alpha value is -1.31. The number of benzene rings is 1. The summed E-state index contributed by atoms with van der Waals surface area (Å²) in [7, 11) is 1.65. The van der Waals surface area contributed by atoms with Gasteiger partial charge in [-0.25, -0.2) is 0 Å². The fourth-order valence-electron chi connectivity index (χ4n) is 2.77. The molecule has 3 N–H and O–H groups in total. The van der Waals surface area contributed by atoms with Crippen LogP contribution in [0, 0.1) is 5.92 Å². The van der Waals surface area contributed by atoms with Crippen molar-refractivity contribution in [3.8, 4) is 0 Å². The van der Waals surface area contributed by atoms with Crippen LogP contribution >= 0.6 is 24.0 Å². The Balaban J connectivity index is 0.00000676. The van der Waals surface area contributed by atoms with Crippen molar-refractivity contribution in [2.45, 2.75) is 59.4 Å². The molecule has 0 aromatic heterocycles.